The van der Waals surface area contributed by atoms with Gasteiger partial charge in [-0.25, -0.2) is 0 Å². The van der Waals surface area contributed by atoms with Crippen molar-refractivity contribution in [1.29, 1.82) is 0 Å². The average Bonchev–Trinajstić information content (AvgIpc) is 3.48. The maximum Gasteiger partial charge on any atom is 0.243 e. The van der Waals surface area contributed by atoms with E-state index in [1.54, 1.807) is 4.90 Å². The predicted molar refractivity (Wildman–Crippen MR) is 152 cm³/mol. The Morgan fingerprint density at radius 3 is 2.38 bits per heavy atom. The highest BCUT2D eigenvalue weighted by Crippen LogP contribution is 2.31. The van der Waals surface area contributed by atoms with Crippen molar-refractivity contribution in [3.8, 4) is 11.5 Å². The molecular formula is C32H35ClN2O4. The van der Waals surface area contributed by atoms with Gasteiger partial charge in [-0.1, -0.05) is 79.0 Å². The number of nitrogens with one attached hydrogen (secondary N) is 1. The molecule has 2 amide bonds. The number of aryl methyl sites for hydroxylation is 1. The summed E-state index contributed by atoms with van der Waals surface area (Å²) < 4.78 is 11.4. The van der Waals surface area contributed by atoms with Gasteiger partial charge < -0.3 is 19.7 Å². The molecule has 1 N–H and O–H groups in total. The SMILES string of the molecule is O=C(NC1CCCC1)[C@@H](Cc1ccccc1)N(Cc1ccccc1Cl)C(=O)CCc1ccc2c(c1)OCCO2. The lowest BCUT2D eigenvalue weighted by Gasteiger charge is -2.32. The van der Waals surface area contributed by atoms with Crippen molar-refractivity contribution in [2.24, 2.45) is 0 Å². The number of ether oxygens (including phenoxy) is 2. The molecule has 204 valence electrons. The van der Waals surface area contributed by atoms with Crippen LogP contribution in [0.5, 0.6) is 11.5 Å². The Bertz CT molecular complexity index is 1280. The summed E-state index contributed by atoms with van der Waals surface area (Å²) in [7, 11) is 0. The third kappa shape index (κ3) is 7.12. The molecule has 1 aliphatic heterocycles. The average molecular weight is 547 g/mol. The van der Waals surface area contributed by atoms with Crippen LogP contribution in [0.2, 0.25) is 5.02 Å². The fourth-order valence-corrected chi connectivity index (χ4v) is 5.57. The van der Waals surface area contributed by atoms with E-state index in [0.717, 1.165) is 48.1 Å². The second-order valence-corrected chi connectivity index (χ2v) is 10.7. The highest BCUT2D eigenvalue weighted by molar-refractivity contribution is 6.31. The number of amides is 2. The van der Waals surface area contributed by atoms with Crippen molar-refractivity contribution < 1.29 is 19.1 Å². The lowest BCUT2D eigenvalue weighted by atomic mass is 10.0. The van der Waals surface area contributed by atoms with Crippen molar-refractivity contribution in [2.45, 2.75) is 63.6 Å². The molecule has 6 nitrogen and oxygen atoms in total. The molecule has 0 aromatic heterocycles. The summed E-state index contributed by atoms with van der Waals surface area (Å²) in [4.78, 5) is 29.5. The number of fused-ring (bicyclic) bond motifs is 1. The molecule has 0 radical (unpaired) electrons. The van der Waals surface area contributed by atoms with E-state index in [1.165, 1.54) is 0 Å². The zero-order valence-electron chi connectivity index (χ0n) is 22.1. The number of nitrogens with zero attached hydrogens (tertiary/aromatic N) is 1. The largest absolute Gasteiger partial charge is 0.486 e. The second kappa shape index (κ2) is 13.0. The first kappa shape index (κ1) is 27.1. The zero-order chi connectivity index (χ0) is 27.0. The van der Waals surface area contributed by atoms with Crippen LogP contribution >= 0.6 is 11.6 Å². The minimum Gasteiger partial charge on any atom is -0.486 e. The maximum atomic E-state index is 13.9. The molecule has 0 unspecified atom stereocenters. The highest BCUT2D eigenvalue weighted by atomic mass is 35.5. The normalized spacial score (nSPS) is 15.5. The Labute approximate surface area is 235 Å². The first-order chi connectivity index (χ1) is 19.1. The van der Waals surface area contributed by atoms with Crippen LogP contribution in [0.1, 0.15) is 48.8 Å². The van der Waals surface area contributed by atoms with Crippen LogP contribution < -0.4 is 14.8 Å². The van der Waals surface area contributed by atoms with Gasteiger partial charge in [0.05, 0.1) is 0 Å². The van der Waals surface area contributed by atoms with E-state index in [2.05, 4.69) is 5.32 Å². The van der Waals surface area contributed by atoms with Crippen LogP contribution in [0.25, 0.3) is 0 Å². The molecule has 0 bridgehead atoms. The summed E-state index contributed by atoms with van der Waals surface area (Å²) in [6.07, 6.45) is 5.40. The predicted octanol–water partition coefficient (Wildman–Crippen LogP) is 5.74. The van der Waals surface area contributed by atoms with Crippen molar-refractivity contribution in [1.82, 2.24) is 10.2 Å². The van der Waals surface area contributed by atoms with Gasteiger partial charge in [-0.05, 0) is 54.2 Å². The smallest absolute Gasteiger partial charge is 0.243 e. The zero-order valence-corrected chi connectivity index (χ0v) is 22.9. The summed E-state index contributed by atoms with van der Waals surface area (Å²) in [5.74, 6) is 1.23. The molecule has 5 rings (SSSR count). The minimum absolute atomic E-state index is 0.0905. The fourth-order valence-electron chi connectivity index (χ4n) is 5.37. The molecule has 3 aromatic rings. The van der Waals surface area contributed by atoms with Crippen LogP contribution in [-0.2, 0) is 29.0 Å². The molecule has 0 saturated heterocycles. The van der Waals surface area contributed by atoms with E-state index in [9.17, 15) is 9.59 Å². The summed E-state index contributed by atoms with van der Waals surface area (Å²) >= 11 is 6.53. The van der Waals surface area contributed by atoms with Crippen LogP contribution in [0.3, 0.4) is 0 Å². The number of hydrogen-bond donors (Lipinski definition) is 1. The first-order valence-electron chi connectivity index (χ1n) is 13.8. The van der Waals surface area contributed by atoms with Gasteiger partial charge in [0.2, 0.25) is 11.8 Å². The van der Waals surface area contributed by atoms with E-state index in [-0.39, 0.29) is 30.8 Å². The number of halogens is 1. The van der Waals surface area contributed by atoms with E-state index >= 15 is 0 Å². The minimum atomic E-state index is -0.656. The summed E-state index contributed by atoms with van der Waals surface area (Å²) in [5, 5.41) is 3.83. The molecule has 1 saturated carbocycles. The van der Waals surface area contributed by atoms with Crippen molar-refractivity contribution in [3.63, 3.8) is 0 Å². The van der Waals surface area contributed by atoms with Gasteiger partial charge in [0.1, 0.15) is 19.3 Å². The molecule has 39 heavy (non-hydrogen) atoms. The number of hydrogen-bond acceptors (Lipinski definition) is 4. The summed E-state index contributed by atoms with van der Waals surface area (Å²) in [5.41, 5.74) is 2.81. The molecule has 7 heteroatoms. The van der Waals surface area contributed by atoms with Crippen molar-refractivity contribution in [3.05, 3.63) is 94.5 Å². The topological polar surface area (TPSA) is 67.9 Å². The third-order valence-corrected chi connectivity index (χ3v) is 7.87. The van der Waals surface area contributed by atoms with Crippen molar-refractivity contribution >= 4 is 23.4 Å². The van der Waals surface area contributed by atoms with E-state index < -0.39 is 6.04 Å². The molecule has 1 aliphatic carbocycles. The second-order valence-electron chi connectivity index (χ2n) is 10.3. The maximum absolute atomic E-state index is 13.9. The lowest BCUT2D eigenvalue weighted by Crippen LogP contribution is -2.52. The molecule has 3 aromatic carbocycles. The molecular weight excluding hydrogens is 512 g/mol. The monoisotopic (exact) mass is 546 g/mol. The van der Waals surface area contributed by atoms with Crippen molar-refractivity contribution in [2.75, 3.05) is 13.2 Å². The summed E-state index contributed by atoms with van der Waals surface area (Å²) in [6.45, 7) is 1.31. The third-order valence-electron chi connectivity index (χ3n) is 7.51. The van der Waals surface area contributed by atoms with Crippen LogP contribution in [0.15, 0.2) is 72.8 Å². The quantitative estimate of drug-likeness (QED) is 0.352. The number of benzene rings is 3. The van der Waals surface area contributed by atoms with E-state index in [1.807, 2.05) is 72.8 Å². The number of rotatable bonds is 10. The van der Waals surface area contributed by atoms with Gasteiger partial charge in [0, 0.05) is 30.5 Å². The highest BCUT2D eigenvalue weighted by Gasteiger charge is 2.32. The fraction of sp³-hybridized carbons (Fsp3) is 0.375. The Morgan fingerprint density at radius 2 is 1.62 bits per heavy atom. The number of carbonyl (C=O) groups is 2. The van der Waals surface area contributed by atoms with Gasteiger partial charge in [0.15, 0.2) is 11.5 Å². The van der Waals surface area contributed by atoms with Crippen LogP contribution in [0.4, 0.5) is 0 Å². The lowest BCUT2D eigenvalue weighted by molar-refractivity contribution is -0.141. The standard InChI is InChI=1S/C32H35ClN2O4/c33-27-13-7-4-10-25(27)22-35(31(36)17-15-24-14-16-29-30(21-24)39-19-18-38-29)28(20-23-8-2-1-3-9-23)32(37)34-26-11-5-6-12-26/h1-4,7-10,13-14,16,21,26,28H,5-6,11-12,15,17-20,22H2,(H,34,37)/t28-/m1/s1. The van der Waals surface area contributed by atoms with Crippen LogP contribution in [-0.4, -0.2) is 42.0 Å². The molecule has 0 spiro atoms. The Balaban J connectivity index is 1.40. The molecule has 1 heterocycles. The van der Waals surface area contributed by atoms with Gasteiger partial charge in [0.25, 0.3) is 0 Å². The van der Waals surface area contributed by atoms with Gasteiger partial charge in [-0.2, -0.15) is 0 Å². The number of carbonyl (C=O) groups excluding carboxylic acids is 2. The molecule has 2 aliphatic rings. The van der Waals surface area contributed by atoms with Crippen LogP contribution in [0, 0.1) is 0 Å². The van der Waals surface area contributed by atoms with Gasteiger partial charge >= 0.3 is 0 Å². The van der Waals surface area contributed by atoms with E-state index in [4.69, 9.17) is 21.1 Å². The summed E-state index contributed by atoms with van der Waals surface area (Å²) in [6, 6.07) is 22.7. The van der Waals surface area contributed by atoms with Gasteiger partial charge in [-0.3, -0.25) is 9.59 Å². The van der Waals surface area contributed by atoms with E-state index in [0.29, 0.717) is 36.8 Å². The molecule has 1 atom stereocenters. The Morgan fingerprint density at radius 1 is 0.897 bits per heavy atom. The first-order valence-corrected chi connectivity index (χ1v) is 14.2. The Kier molecular flexibility index (Phi) is 9.04. The Hall–Kier alpha value is -3.51. The molecule has 1 fully saturated rings. The van der Waals surface area contributed by atoms with Gasteiger partial charge in [-0.15, -0.1) is 0 Å².